The molecule has 0 heterocycles. The fraction of sp³-hybridized carbons (Fsp3) is 0.526. The minimum atomic E-state index is -2.19. The molecule has 1 fully saturated rings. The highest BCUT2D eigenvalue weighted by molar-refractivity contribution is 5.33. The Bertz CT molecular complexity index is 505. The number of halogens is 2. The van der Waals surface area contributed by atoms with Crippen LogP contribution >= 0.6 is 0 Å². The highest BCUT2D eigenvalue weighted by Crippen LogP contribution is 2.37. The Labute approximate surface area is 131 Å². The molecule has 0 aromatic heterocycles. The van der Waals surface area contributed by atoms with E-state index >= 15 is 0 Å². The fourth-order valence-electron chi connectivity index (χ4n) is 3.19. The third-order valence-corrected chi connectivity index (χ3v) is 4.55. The van der Waals surface area contributed by atoms with Crippen LogP contribution in [-0.4, -0.2) is 6.43 Å². The lowest BCUT2D eigenvalue weighted by Crippen LogP contribution is -2.12. The zero-order chi connectivity index (χ0) is 15.8. The number of nitriles is 1. The molecule has 118 valence electrons. The van der Waals surface area contributed by atoms with Crippen molar-refractivity contribution in [3.63, 3.8) is 0 Å². The molecule has 1 aromatic carbocycles. The van der Waals surface area contributed by atoms with E-state index in [1.165, 1.54) is 31.2 Å². The summed E-state index contributed by atoms with van der Waals surface area (Å²) in [4.78, 5) is 0. The van der Waals surface area contributed by atoms with Gasteiger partial charge in [-0.05, 0) is 68.1 Å². The van der Waals surface area contributed by atoms with E-state index in [0.29, 0.717) is 23.8 Å². The highest BCUT2D eigenvalue weighted by atomic mass is 19.3. The lowest BCUT2D eigenvalue weighted by atomic mass is 9.77. The quantitative estimate of drug-likeness (QED) is 0.607. The van der Waals surface area contributed by atoms with Gasteiger partial charge in [0, 0.05) is 6.42 Å². The van der Waals surface area contributed by atoms with Crippen LogP contribution in [0.4, 0.5) is 8.78 Å². The third-order valence-electron chi connectivity index (χ3n) is 4.55. The number of rotatable bonds is 6. The summed E-state index contributed by atoms with van der Waals surface area (Å²) in [6.07, 6.45) is 8.03. The summed E-state index contributed by atoms with van der Waals surface area (Å²) in [5, 5.41) is 8.83. The van der Waals surface area contributed by atoms with E-state index in [9.17, 15) is 8.78 Å². The molecule has 0 N–H and O–H groups in total. The molecule has 0 unspecified atom stereocenters. The Morgan fingerprint density at radius 1 is 1.09 bits per heavy atom. The summed E-state index contributed by atoms with van der Waals surface area (Å²) in [5.74, 6) is 1.30. The molecular formula is C19H23F2N. The van der Waals surface area contributed by atoms with Crippen molar-refractivity contribution in [3.8, 4) is 6.07 Å². The van der Waals surface area contributed by atoms with Gasteiger partial charge in [-0.15, -0.1) is 0 Å². The van der Waals surface area contributed by atoms with Crippen molar-refractivity contribution in [1.29, 1.82) is 5.26 Å². The SMILES string of the molecule is N#Cc1ccc([C@H]2CC[C@H](CC=CCCC(F)F)CC2)cc1. The van der Waals surface area contributed by atoms with Crippen molar-refractivity contribution in [2.24, 2.45) is 5.92 Å². The zero-order valence-corrected chi connectivity index (χ0v) is 12.8. The van der Waals surface area contributed by atoms with Gasteiger partial charge in [0.05, 0.1) is 11.6 Å². The summed E-state index contributed by atoms with van der Waals surface area (Å²) in [6, 6.07) is 10.1. The summed E-state index contributed by atoms with van der Waals surface area (Å²) in [7, 11) is 0. The summed E-state index contributed by atoms with van der Waals surface area (Å²) in [6.45, 7) is 0. The molecule has 0 spiro atoms. The maximum atomic E-state index is 12.0. The summed E-state index contributed by atoms with van der Waals surface area (Å²) >= 11 is 0. The smallest absolute Gasteiger partial charge is 0.211 e. The van der Waals surface area contributed by atoms with Crippen LogP contribution in [0.5, 0.6) is 0 Å². The normalized spacial score (nSPS) is 22.1. The Hall–Kier alpha value is -1.69. The first-order valence-electron chi connectivity index (χ1n) is 8.12. The lowest BCUT2D eigenvalue weighted by Gasteiger charge is -2.28. The van der Waals surface area contributed by atoms with Crippen LogP contribution in [0, 0.1) is 17.2 Å². The van der Waals surface area contributed by atoms with Crippen LogP contribution in [0.15, 0.2) is 36.4 Å². The largest absolute Gasteiger partial charge is 0.238 e. The summed E-state index contributed by atoms with van der Waals surface area (Å²) < 4.78 is 24.0. The Kier molecular flexibility index (Phi) is 6.58. The average molecular weight is 303 g/mol. The van der Waals surface area contributed by atoms with E-state index in [1.54, 1.807) is 0 Å². The Morgan fingerprint density at radius 2 is 1.77 bits per heavy atom. The number of alkyl halides is 2. The molecule has 0 aliphatic heterocycles. The number of hydrogen-bond acceptors (Lipinski definition) is 1. The van der Waals surface area contributed by atoms with Gasteiger partial charge in [0.25, 0.3) is 0 Å². The second-order valence-corrected chi connectivity index (χ2v) is 6.13. The zero-order valence-electron chi connectivity index (χ0n) is 12.8. The van der Waals surface area contributed by atoms with Crippen LogP contribution in [0.2, 0.25) is 0 Å². The monoisotopic (exact) mass is 303 g/mol. The van der Waals surface area contributed by atoms with Gasteiger partial charge in [-0.1, -0.05) is 24.3 Å². The van der Waals surface area contributed by atoms with E-state index in [0.717, 1.165) is 6.42 Å². The topological polar surface area (TPSA) is 23.8 Å². The van der Waals surface area contributed by atoms with Crippen molar-refractivity contribution in [2.75, 3.05) is 0 Å². The van der Waals surface area contributed by atoms with E-state index in [1.807, 2.05) is 18.2 Å². The predicted molar refractivity (Wildman–Crippen MR) is 84.9 cm³/mol. The molecule has 0 bridgehead atoms. The molecule has 0 saturated heterocycles. The molecule has 1 aromatic rings. The van der Waals surface area contributed by atoms with Crippen molar-refractivity contribution < 1.29 is 8.78 Å². The van der Waals surface area contributed by atoms with Crippen molar-refractivity contribution in [3.05, 3.63) is 47.5 Å². The minimum Gasteiger partial charge on any atom is -0.211 e. The van der Waals surface area contributed by atoms with E-state index < -0.39 is 6.43 Å². The van der Waals surface area contributed by atoms with Gasteiger partial charge >= 0.3 is 0 Å². The van der Waals surface area contributed by atoms with E-state index in [-0.39, 0.29) is 6.42 Å². The Morgan fingerprint density at radius 3 is 2.36 bits per heavy atom. The second-order valence-electron chi connectivity index (χ2n) is 6.13. The van der Waals surface area contributed by atoms with E-state index in [4.69, 9.17) is 5.26 Å². The molecule has 1 aliphatic rings. The molecule has 0 atom stereocenters. The fourth-order valence-corrected chi connectivity index (χ4v) is 3.19. The van der Waals surface area contributed by atoms with Crippen molar-refractivity contribution in [1.82, 2.24) is 0 Å². The molecule has 1 aliphatic carbocycles. The first kappa shape index (κ1) is 16.7. The molecule has 3 heteroatoms. The molecule has 2 rings (SSSR count). The maximum Gasteiger partial charge on any atom is 0.238 e. The molecule has 0 amide bonds. The number of allylic oxidation sites excluding steroid dienone is 2. The van der Waals surface area contributed by atoms with Gasteiger partial charge in [-0.3, -0.25) is 0 Å². The van der Waals surface area contributed by atoms with Gasteiger partial charge in [-0.25, -0.2) is 8.78 Å². The minimum absolute atomic E-state index is 0.0259. The first-order chi connectivity index (χ1) is 10.7. The molecular weight excluding hydrogens is 280 g/mol. The average Bonchev–Trinajstić information content (AvgIpc) is 2.55. The first-order valence-corrected chi connectivity index (χ1v) is 8.12. The number of nitrogens with zero attached hydrogens (tertiary/aromatic N) is 1. The van der Waals surface area contributed by atoms with Gasteiger partial charge < -0.3 is 0 Å². The maximum absolute atomic E-state index is 12.0. The lowest BCUT2D eigenvalue weighted by molar-refractivity contribution is 0.139. The van der Waals surface area contributed by atoms with Crippen LogP contribution < -0.4 is 0 Å². The number of benzene rings is 1. The highest BCUT2D eigenvalue weighted by Gasteiger charge is 2.21. The van der Waals surface area contributed by atoms with Crippen LogP contribution in [0.1, 0.15) is 62.0 Å². The predicted octanol–water partition coefficient (Wildman–Crippen LogP) is 5.82. The molecule has 1 saturated carbocycles. The van der Waals surface area contributed by atoms with Gasteiger partial charge in [0.1, 0.15) is 0 Å². The van der Waals surface area contributed by atoms with Crippen molar-refractivity contribution in [2.45, 2.75) is 57.3 Å². The molecule has 1 nitrogen and oxygen atoms in total. The second kappa shape index (κ2) is 8.68. The third kappa shape index (κ3) is 5.26. The summed E-state index contributed by atoms with van der Waals surface area (Å²) in [5.41, 5.74) is 2.05. The van der Waals surface area contributed by atoms with Crippen LogP contribution in [0.3, 0.4) is 0 Å². The van der Waals surface area contributed by atoms with Crippen LogP contribution in [0.25, 0.3) is 0 Å². The van der Waals surface area contributed by atoms with Crippen LogP contribution in [-0.2, 0) is 0 Å². The number of hydrogen-bond donors (Lipinski definition) is 0. The van der Waals surface area contributed by atoms with Gasteiger partial charge in [-0.2, -0.15) is 5.26 Å². The van der Waals surface area contributed by atoms with Gasteiger partial charge in [0.15, 0.2) is 0 Å². The van der Waals surface area contributed by atoms with E-state index in [2.05, 4.69) is 24.3 Å². The van der Waals surface area contributed by atoms with Gasteiger partial charge in [0.2, 0.25) is 6.43 Å². The Balaban J connectivity index is 1.72. The molecule has 0 radical (unpaired) electrons. The standard InChI is InChI=1S/C19H23F2N/c20-19(21)5-3-1-2-4-15-6-10-17(11-7-15)18-12-8-16(14-22)9-13-18/h1-2,8-9,12-13,15,17,19H,3-7,10-11H2/t15-,17-. The van der Waals surface area contributed by atoms with Crippen molar-refractivity contribution >= 4 is 0 Å². The molecule has 22 heavy (non-hydrogen) atoms.